The van der Waals surface area contributed by atoms with E-state index in [1.165, 1.54) is 10.8 Å². The van der Waals surface area contributed by atoms with Gasteiger partial charge in [-0.05, 0) is 52.1 Å². The van der Waals surface area contributed by atoms with Crippen molar-refractivity contribution in [2.45, 2.75) is 6.54 Å². The van der Waals surface area contributed by atoms with Gasteiger partial charge < -0.3 is 9.99 Å². The highest BCUT2D eigenvalue weighted by molar-refractivity contribution is 5.85. The van der Waals surface area contributed by atoms with E-state index in [2.05, 4.69) is 35.8 Å². The number of rotatable bonds is 3. The van der Waals surface area contributed by atoms with Gasteiger partial charge in [-0.3, -0.25) is 10.6 Å². The Morgan fingerprint density at radius 3 is 2.54 bits per heavy atom. The zero-order valence-electron chi connectivity index (χ0n) is 13.1. The second kappa shape index (κ2) is 5.83. The number of fused-ring (bicyclic) bond motifs is 2. The van der Waals surface area contributed by atoms with E-state index in [1.807, 2.05) is 42.6 Å². The number of nitrogens with one attached hydrogen (secondary N) is 1. The number of hydrazine groups is 1. The fourth-order valence-electron chi connectivity index (χ4n) is 3.04. The summed E-state index contributed by atoms with van der Waals surface area (Å²) < 4.78 is 1.74. The van der Waals surface area contributed by atoms with Crippen LogP contribution in [-0.2, 0) is 6.54 Å². The predicted molar refractivity (Wildman–Crippen MR) is 99.1 cm³/mol. The van der Waals surface area contributed by atoms with Crippen LogP contribution in [-0.4, -0.2) is 4.57 Å². The summed E-state index contributed by atoms with van der Waals surface area (Å²) in [6.45, 7) is 0.552. The molecule has 24 heavy (non-hydrogen) atoms. The molecular formula is C20H17N3O. The third-order valence-corrected chi connectivity index (χ3v) is 4.31. The minimum Gasteiger partial charge on any atom is -0.324 e. The van der Waals surface area contributed by atoms with E-state index in [1.54, 1.807) is 4.57 Å². The standard InChI is InChI=1S/C20H17N3O/c21-22-18-7-8-19-17(12-18)9-10-23(20(19)24)13-14-5-6-15-3-1-2-4-16(15)11-14/h1-12,22H,13,21H2. The van der Waals surface area contributed by atoms with Crippen molar-refractivity contribution in [2.75, 3.05) is 5.43 Å². The third-order valence-electron chi connectivity index (χ3n) is 4.31. The summed E-state index contributed by atoms with van der Waals surface area (Å²) in [5, 5.41) is 3.96. The maximum atomic E-state index is 12.7. The van der Waals surface area contributed by atoms with Gasteiger partial charge in [0.2, 0.25) is 0 Å². The molecule has 3 N–H and O–H groups in total. The predicted octanol–water partition coefficient (Wildman–Crippen LogP) is 3.49. The molecule has 0 saturated heterocycles. The van der Waals surface area contributed by atoms with Gasteiger partial charge in [0, 0.05) is 17.3 Å². The molecule has 0 aliphatic rings. The molecule has 0 bridgehead atoms. The summed E-state index contributed by atoms with van der Waals surface area (Å²) in [7, 11) is 0. The molecule has 0 atom stereocenters. The SMILES string of the molecule is NNc1ccc2c(=O)n(Cc3ccc4ccccc4c3)ccc2c1. The number of nitrogen functional groups attached to an aromatic ring is 1. The van der Waals surface area contributed by atoms with E-state index < -0.39 is 0 Å². The molecule has 0 radical (unpaired) electrons. The van der Waals surface area contributed by atoms with Crippen LogP contribution in [0.3, 0.4) is 0 Å². The summed E-state index contributed by atoms with van der Waals surface area (Å²) in [5.74, 6) is 5.42. The van der Waals surface area contributed by atoms with Crippen molar-refractivity contribution in [3.8, 4) is 0 Å². The summed E-state index contributed by atoms with van der Waals surface area (Å²) in [4.78, 5) is 12.7. The Morgan fingerprint density at radius 1 is 0.875 bits per heavy atom. The Hall–Kier alpha value is -3.11. The fraction of sp³-hybridized carbons (Fsp3) is 0.0500. The fourth-order valence-corrected chi connectivity index (χ4v) is 3.04. The Morgan fingerprint density at radius 2 is 1.71 bits per heavy atom. The normalized spacial score (nSPS) is 11.0. The minimum absolute atomic E-state index is 0.00392. The first-order chi connectivity index (χ1) is 11.7. The molecule has 0 fully saturated rings. The van der Waals surface area contributed by atoms with Crippen LogP contribution < -0.4 is 16.8 Å². The van der Waals surface area contributed by atoms with Gasteiger partial charge in [0.25, 0.3) is 5.56 Å². The van der Waals surface area contributed by atoms with Crippen LogP contribution in [0.25, 0.3) is 21.5 Å². The second-order valence-corrected chi connectivity index (χ2v) is 5.88. The van der Waals surface area contributed by atoms with Gasteiger partial charge in [0.1, 0.15) is 0 Å². The molecule has 1 heterocycles. The first-order valence-corrected chi connectivity index (χ1v) is 7.82. The molecule has 4 nitrogen and oxygen atoms in total. The minimum atomic E-state index is 0.00392. The first kappa shape index (κ1) is 14.5. The lowest BCUT2D eigenvalue weighted by atomic mass is 10.1. The van der Waals surface area contributed by atoms with E-state index in [-0.39, 0.29) is 5.56 Å². The molecule has 4 aromatic rings. The van der Waals surface area contributed by atoms with E-state index in [0.29, 0.717) is 11.9 Å². The molecule has 0 saturated carbocycles. The summed E-state index contributed by atoms with van der Waals surface area (Å²) in [6, 6.07) is 22.0. The quantitative estimate of drug-likeness (QED) is 0.449. The second-order valence-electron chi connectivity index (χ2n) is 5.88. The average molecular weight is 315 g/mol. The molecule has 0 aliphatic heterocycles. The number of aromatic nitrogens is 1. The van der Waals surface area contributed by atoms with E-state index >= 15 is 0 Å². The van der Waals surface area contributed by atoms with E-state index in [9.17, 15) is 4.79 Å². The van der Waals surface area contributed by atoms with Crippen molar-refractivity contribution in [1.29, 1.82) is 0 Å². The number of hydrogen-bond donors (Lipinski definition) is 2. The molecule has 0 amide bonds. The highest BCUT2D eigenvalue weighted by Gasteiger charge is 2.05. The lowest BCUT2D eigenvalue weighted by molar-refractivity contribution is 0.769. The van der Waals surface area contributed by atoms with Crippen molar-refractivity contribution < 1.29 is 0 Å². The van der Waals surface area contributed by atoms with Crippen LogP contribution >= 0.6 is 0 Å². The maximum Gasteiger partial charge on any atom is 0.258 e. The van der Waals surface area contributed by atoms with Crippen molar-refractivity contribution >= 4 is 27.2 Å². The van der Waals surface area contributed by atoms with Crippen LogP contribution in [0, 0.1) is 0 Å². The smallest absolute Gasteiger partial charge is 0.258 e. The van der Waals surface area contributed by atoms with Crippen LogP contribution in [0.1, 0.15) is 5.56 Å². The monoisotopic (exact) mass is 315 g/mol. The van der Waals surface area contributed by atoms with Crippen molar-refractivity contribution in [1.82, 2.24) is 4.57 Å². The largest absolute Gasteiger partial charge is 0.324 e. The van der Waals surface area contributed by atoms with Crippen LogP contribution in [0.5, 0.6) is 0 Å². The van der Waals surface area contributed by atoms with Crippen molar-refractivity contribution in [2.24, 2.45) is 5.84 Å². The molecule has 4 heteroatoms. The van der Waals surface area contributed by atoms with Gasteiger partial charge >= 0.3 is 0 Å². The number of hydrogen-bond acceptors (Lipinski definition) is 3. The summed E-state index contributed by atoms with van der Waals surface area (Å²) in [5.41, 5.74) is 4.50. The van der Waals surface area contributed by atoms with Gasteiger partial charge in [-0.25, -0.2) is 0 Å². The van der Waals surface area contributed by atoms with E-state index in [0.717, 1.165) is 16.6 Å². The Balaban J connectivity index is 1.75. The van der Waals surface area contributed by atoms with Gasteiger partial charge in [0.05, 0.1) is 6.54 Å². The summed E-state index contributed by atoms with van der Waals surface area (Å²) >= 11 is 0. The Kier molecular flexibility index (Phi) is 3.52. The van der Waals surface area contributed by atoms with Gasteiger partial charge in [0.15, 0.2) is 0 Å². The zero-order valence-corrected chi connectivity index (χ0v) is 13.1. The third kappa shape index (κ3) is 2.53. The Labute approximate surface area is 139 Å². The first-order valence-electron chi connectivity index (χ1n) is 7.82. The lowest BCUT2D eigenvalue weighted by Gasteiger charge is -2.09. The average Bonchev–Trinajstić information content (AvgIpc) is 2.63. The molecule has 1 aromatic heterocycles. The topological polar surface area (TPSA) is 60.0 Å². The van der Waals surface area contributed by atoms with Crippen molar-refractivity contribution in [3.05, 3.63) is 88.8 Å². The summed E-state index contributed by atoms with van der Waals surface area (Å²) in [6.07, 6.45) is 1.83. The van der Waals surface area contributed by atoms with Crippen LogP contribution in [0.15, 0.2) is 77.7 Å². The van der Waals surface area contributed by atoms with E-state index in [4.69, 9.17) is 5.84 Å². The van der Waals surface area contributed by atoms with Gasteiger partial charge in [-0.15, -0.1) is 0 Å². The van der Waals surface area contributed by atoms with Gasteiger partial charge in [-0.1, -0.05) is 36.4 Å². The molecule has 0 spiro atoms. The number of anilines is 1. The van der Waals surface area contributed by atoms with Crippen LogP contribution in [0.2, 0.25) is 0 Å². The molecule has 3 aromatic carbocycles. The lowest BCUT2D eigenvalue weighted by Crippen LogP contribution is -2.20. The molecule has 118 valence electrons. The highest BCUT2D eigenvalue weighted by Crippen LogP contribution is 2.18. The van der Waals surface area contributed by atoms with Crippen molar-refractivity contribution in [3.63, 3.8) is 0 Å². The maximum absolute atomic E-state index is 12.7. The highest BCUT2D eigenvalue weighted by atomic mass is 16.1. The molecule has 0 unspecified atom stereocenters. The number of pyridine rings is 1. The van der Waals surface area contributed by atoms with Gasteiger partial charge in [-0.2, -0.15) is 0 Å². The zero-order chi connectivity index (χ0) is 16.5. The Bertz CT molecular complexity index is 1100. The number of benzene rings is 3. The number of nitrogens with zero attached hydrogens (tertiary/aromatic N) is 1. The van der Waals surface area contributed by atoms with Crippen LogP contribution in [0.4, 0.5) is 5.69 Å². The molecule has 4 rings (SSSR count). The number of nitrogens with two attached hydrogens (primary N) is 1. The molecule has 0 aliphatic carbocycles. The molecular weight excluding hydrogens is 298 g/mol.